The highest BCUT2D eigenvalue weighted by molar-refractivity contribution is 6.43. The van der Waals surface area contributed by atoms with E-state index in [4.69, 9.17) is 9.47 Å². The van der Waals surface area contributed by atoms with Crippen molar-refractivity contribution in [3.05, 3.63) is 29.8 Å². The Bertz CT molecular complexity index is 612. The summed E-state index contributed by atoms with van der Waals surface area (Å²) in [5, 5.41) is 19.9. The average molecular weight is 331 g/mol. The Morgan fingerprint density at radius 2 is 2.17 bits per heavy atom. The number of para-hydroxylation sites is 1. The first-order valence-corrected chi connectivity index (χ1v) is 8.63. The van der Waals surface area contributed by atoms with Crippen LogP contribution in [0.4, 0.5) is 0 Å². The fraction of sp³-hybridized carbons (Fsp3) is 0.588. The second kappa shape index (κ2) is 6.39. The Labute approximate surface area is 141 Å². The molecule has 24 heavy (non-hydrogen) atoms. The quantitative estimate of drug-likeness (QED) is 0.593. The molecule has 6 nitrogen and oxygen atoms in total. The van der Waals surface area contributed by atoms with Crippen LogP contribution in [0, 0.1) is 0 Å². The normalized spacial score (nSPS) is 31.4. The first kappa shape index (κ1) is 15.9. The van der Waals surface area contributed by atoms with E-state index in [-0.39, 0.29) is 24.2 Å². The zero-order valence-corrected chi connectivity index (χ0v) is 13.5. The summed E-state index contributed by atoms with van der Waals surface area (Å²) in [5.41, 5.74) is 1.07. The van der Waals surface area contributed by atoms with Gasteiger partial charge in [-0.25, -0.2) is 0 Å². The SMILES string of the molecule is O=CN([C@@H]1C[C@@H]2CC[C@H]1O2)[C@@H](C[C@@H]1COc2ccccc21)B(O)O. The van der Waals surface area contributed by atoms with Crippen LogP contribution in [-0.4, -0.2) is 59.3 Å². The molecule has 7 heteroatoms. The molecule has 1 aromatic rings. The molecule has 2 N–H and O–H groups in total. The highest BCUT2D eigenvalue weighted by atomic mass is 16.5. The molecule has 0 saturated carbocycles. The van der Waals surface area contributed by atoms with E-state index >= 15 is 0 Å². The van der Waals surface area contributed by atoms with E-state index in [1.165, 1.54) is 0 Å². The first-order valence-electron chi connectivity index (χ1n) is 8.63. The van der Waals surface area contributed by atoms with Gasteiger partial charge in [-0.1, -0.05) is 18.2 Å². The third-order valence-electron chi connectivity index (χ3n) is 5.63. The van der Waals surface area contributed by atoms with Gasteiger partial charge in [-0.05, 0) is 31.7 Å². The van der Waals surface area contributed by atoms with Gasteiger partial charge in [0.1, 0.15) is 5.75 Å². The van der Waals surface area contributed by atoms with Gasteiger partial charge in [0.25, 0.3) is 0 Å². The van der Waals surface area contributed by atoms with Crippen molar-refractivity contribution >= 4 is 13.5 Å². The van der Waals surface area contributed by atoms with Gasteiger partial charge in [-0.2, -0.15) is 0 Å². The molecule has 3 aliphatic rings. The number of hydrogen-bond acceptors (Lipinski definition) is 5. The number of rotatable bonds is 6. The van der Waals surface area contributed by atoms with Crippen molar-refractivity contribution in [2.45, 2.75) is 55.8 Å². The summed E-state index contributed by atoms with van der Waals surface area (Å²) in [6.45, 7) is 0.502. The molecule has 4 rings (SSSR count). The molecule has 3 aliphatic heterocycles. The van der Waals surface area contributed by atoms with E-state index in [1.54, 1.807) is 4.90 Å². The molecular weight excluding hydrogens is 309 g/mol. The molecule has 128 valence electrons. The lowest BCUT2D eigenvalue weighted by Gasteiger charge is -2.36. The van der Waals surface area contributed by atoms with Gasteiger partial charge in [0, 0.05) is 11.5 Å². The highest BCUT2D eigenvalue weighted by Gasteiger charge is 2.47. The molecule has 1 aromatic carbocycles. The fourth-order valence-electron chi connectivity index (χ4n) is 4.44. The standard InChI is InChI=1S/C17H22BNO5/c20-10-19(14-8-12-5-6-16(14)24-12)17(18(21)22)7-11-9-23-15-4-2-1-3-13(11)15/h1-4,10-12,14,16-17,21-22H,5-9H2/t11-,12+,14-,16-,17+/m1/s1. The lowest BCUT2D eigenvalue weighted by Crippen LogP contribution is -2.54. The molecule has 0 aromatic heterocycles. The Morgan fingerprint density at radius 3 is 2.83 bits per heavy atom. The fourth-order valence-corrected chi connectivity index (χ4v) is 4.44. The lowest BCUT2D eigenvalue weighted by molar-refractivity contribution is -0.123. The number of fused-ring (bicyclic) bond motifs is 3. The van der Waals surface area contributed by atoms with Gasteiger partial charge in [-0.3, -0.25) is 4.79 Å². The topological polar surface area (TPSA) is 79.2 Å². The zero-order valence-electron chi connectivity index (χ0n) is 13.5. The summed E-state index contributed by atoms with van der Waals surface area (Å²) in [7, 11) is -1.58. The van der Waals surface area contributed by atoms with Gasteiger partial charge >= 0.3 is 7.12 Å². The Hall–Kier alpha value is -1.57. The smallest absolute Gasteiger partial charge is 0.475 e. The molecule has 0 aliphatic carbocycles. The number of benzene rings is 1. The maximum absolute atomic E-state index is 11.8. The van der Waals surface area contributed by atoms with Gasteiger partial charge in [-0.15, -0.1) is 0 Å². The van der Waals surface area contributed by atoms with Gasteiger partial charge in [0.05, 0.1) is 30.8 Å². The van der Waals surface area contributed by atoms with Crippen LogP contribution in [0.3, 0.4) is 0 Å². The molecular formula is C17H22BNO5. The minimum absolute atomic E-state index is 0.0218. The van der Waals surface area contributed by atoms with Crippen molar-refractivity contribution in [1.29, 1.82) is 0 Å². The maximum Gasteiger partial charge on any atom is 0.475 e. The Kier molecular flexibility index (Phi) is 4.24. The van der Waals surface area contributed by atoms with Crippen LogP contribution in [0.2, 0.25) is 0 Å². The van der Waals surface area contributed by atoms with E-state index in [9.17, 15) is 14.8 Å². The summed E-state index contributed by atoms with van der Waals surface area (Å²) < 4.78 is 11.5. The number of carbonyl (C=O) groups excluding carboxylic acids is 1. The Balaban J connectivity index is 1.53. The monoisotopic (exact) mass is 331 g/mol. The molecule has 0 radical (unpaired) electrons. The van der Waals surface area contributed by atoms with E-state index in [1.807, 2.05) is 24.3 Å². The number of ether oxygens (including phenoxy) is 2. The first-order chi connectivity index (χ1) is 11.7. The molecule has 2 saturated heterocycles. The summed E-state index contributed by atoms with van der Waals surface area (Å²) in [6.07, 6.45) is 4.18. The van der Waals surface area contributed by atoms with Crippen LogP contribution in [0.1, 0.15) is 37.2 Å². The summed E-state index contributed by atoms with van der Waals surface area (Å²) in [6, 6.07) is 7.72. The van der Waals surface area contributed by atoms with Crippen LogP contribution < -0.4 is 4.74 Å². The van der Waals surface area contributed by atoms with Gasteiger partial charge in [0.15, 0.2) is 0 Å². The van der Waals surface area contributed by atoms with Crippen molar-refractivity contribution in [2.75, 3.05) is 6.61 Å². The van der Waals surface area contributed by atoms with Crippen LogP contribution in [0.15, 0.2) is 24.3 Å². The van der Waals surface area contributed by atoms with Crippen LogP contribution in [0.5, 0.6) is 5.75 Å². The summed E-state index contributed by atoms with van der Waals surface area (Å²) >= 11 is 0. The minimum Gasteiger partial charge on any atom is -0.493 e. The summed E-state index contributed by atoms with van der Waals surface area (Å²) in [4.78, 5) is 13.3. The number of amides is 1. The van der Waals surface area contributed by atoms with Crippen molar-refractivity contribution in [1.82, 2.24) is 4.90 Å². The zero-order chi connectivity index (χ0) is 16.7. The molecule has 2 bridgehead atoms. The predicted octanol–water partition coefficient (Wildman–Crippen LogP) is 0.712. The maximum atomic E-state index is 11.8. The largest absolute Gasteiger partial charge is 0.493 e. The van der Waals surface area contributed by atoms with Crippen molar-refractivity contribution < 1.29 is 24.3 Å². The van der Waals surface area contributed by atoms with E-state index in [2.05, 4.69) is 0 Å². The van der Waals surface area contributed by atoms with Crippen molar-refractivity contribution in [2.24, 2.45) is 0 Å². The van der Waals surface area contributed by atoms with Gasteiger partial charge in [0.2, 0.25) is 6.41 Å². The number of nitrogens with zero attached hydrogens (tertiary/aromatic N) is 1. The van der Waals surface area contributed by atoms with Gasteiger partial charge < -0.3 is 24.4 Å². The molecule has 1 amide bonds. The third kappa shape index (κ3) is 2.70. The molecule has 0 spiro atoms. The second-order valence-electron chi connectivity index (χ2n) is 6.99. The predicted molar refractivity (Wildman–Crippen MR) is 87.5 cm³/mol. The average Bonchev–Trinajstić information content (AvgIpc) is 3.30. The van der Waals surface area contributed by atoms with Crippen LogP contribution in [-0.2, 0) is 9.53 Å². The number of hydrogen-bond donors (Lipinski definition) is 2. The van der Waals surface area contributed by atoms with Crippen molar-refractivity contribution in [3.8, 4) is 5.75 Å². The van der Waals surface area contributed by atoms with Crippen LogP contribution in [0.25, 0.3) is 0 Å². The number of carbonyl (C=O) groups is 1. The van der Waals surface area contributed by atoms with Crippen LogP contribution >= 0.6 is 0 Å². The van der Waals surface area contributed by atoms with E-state index in [0.29, 0.717) is 13.0 Å². The second-order valence-corrected chi connectivity index (χ2v) is 6.99. The third-order valence-corrected chi connectivity index (χ3v) is 5.63. The lowest BCUT2D eigenvalue weighted by atomic mass is 9.71. The molecule has 2 fully saturated rings. The van der Waals surface area contributed by atoms with E-state index < -0.39 is 13.1 Å². The van der Waals surface area contributed by atoms with Crippen molar-refractivity contribution in [3.63, 3.8) is 0 Å². The summed E-state index contributed by atoms with van der Waals surface area (Å²) in [5.74, 6) is 0.236. The minimum atomic E-state index is -1.58. The molecule has 5 atom stereocenters. The van der Waals surface area contributed by atoms with E-state index in [0.717, 1.165) is 37.0 Å². The Morgan fingerprint density at radius 1 is 1.33 bits per heavy atom. The molecule has 0 unspecified atom stereocenters. The highest BCUT2D eigenvalue weighted by Crippen LogP contribution is 2.40. The molecule has 3 heterocycles.